The second kappa shape index (κ2) is 36.2. The summed E-state index contributed by atoms with van der Waals surface area (Å²) in [5.74, 6) is 0.640. The van der Waals surface area contributed by atoms with Gasteiger partial charge in [0.2, 0.25) is 28.8 Å². The Labute approximate surface area is 578 Å². The van der Waals surface area contributed by atoms with E-state index in [-0.39, 0.29) is 49.1 Å². The maximum absolute atomic E-state index is 12.5. The van der Waals surface area contributed by atoms with E-state index in [9.17, 15) is 24.0 Å². The molecular formula is C61H73Br2Cl6N9O10Si2Sn. The molecule has 0 aliphatic carbocycles. The zero-order chi connectivity index (χ0) is 66.6. The van der Waals surface area contributed by atoms with E-state index in [1.54, 1.807) is 91.1 Å². The number of amides is 2. The molecule has 2 fully saturated rings. The molecule has 3 N–H and O–H groups in total. The second-order valence-corrected chi connectivity index (χ2v) is 60.9. The Morgan fingerprint density at radius 3 is 1.59 bits per heavy atom. The van der Waals surface area contributed by atoms with Crippen LogP contribution in [0.2, 0.25) is 39.3 Å². The topological polar surface area (TPSA) is 240 Å². The predicted molar refractivity (Wildman–Crippen MR) is 379 cm³/mol. The van der Waals surface area contributed by atoms with Gasteiger partial charge in [-0.15, -0.1) is 11.6 Å². The van der Waals surface area contributed by atoms with Crippen molar-refractivity contribution in [3.05, 3.63) is 201 Å². The normalized spacial score (nSPS) is 20.9. The fourth-order valence-corrected chi connectivity index (χ4v) is 11.2. The van der Waals surface area contributed by atoms with Gasteiger partial charge in [0, 0.05) is 53.2 Å². The van der Waals surface area contributed by atoms with Crippen LogP contribution in [-0.4, -0.2) is 110 Å². The average molecular weight is 1640 g/mol. The average Bonchev–Trinajstić information content (AvgIpc) is 1.67. The summed E-state index contributed by atoms with van der Waals surface area (Å²) in [4.78, 5) is 82.2. The van der Waals surface area contributed by atoms with E-state index >= 15 is 0 Å². The monoisotopic (exact) mass is 1640 g/mol. The molecule has 0 saturated carbocycles. The first-order chi connectivity index (χ1) is 42.2. The number of hydrogen-bond donors (Lipinski definition) is 3. The van der Waals surface area contributed by atoms with Crippen molar-refractivity contribution >= 4 is 162 Å². The van der Waals surface area contributed by atoms with Crippen molar-refractivity contribution in [3.63, 3.8) is 0 Å². The number of nitrogens with one attached hydrogen (secondary N) is 3. The number of aromatic nitrogens is 6. The number of esters is 1. The number of halogens is 8. The summed E-state index contributed by atoms with van der Waals surface area (Å²) < 4.78 is 28.6. The van der Waals surface area contributed by atoms with Gasteiger partial charge in [0.15, 0.2) is 15.8 Å². The van der Waals surface area contributed by atoms with E-state index in [4.69, 9.17) is 81.9 Å². The molecule has 2 saturated heterocycles. The molecular weight excluding hydrogens is 1570 g/mol. The van der Waals surface area contributed by atoms with Crippen molar-refractivity contribution in [3.8, 4) is 6.01 Å². The van der Waals surface area contributed by atoms with E-state index in [0.29, 0.717) is 40.2 Å². The van der Waals surface area contributed by atoms with E-state index in [0.717, 1.165) is 18.4 Å². The molecule has 91 heavy (non-hydrogen) atoms. The van der Waals surface area contributed by atoms with Crippen LogP contribution in [0.1, 0.15) is 90.8 Å². The van der Waals surface area contributed by atoms with Gasteiger partial charge in [-0.1, -0.05) is 151 Å². The third kappa shape index (κ3) is 26.2. The first-order valence-corrected chi connectivity index (χ1v) is 51.6. The number of nitrogens with zero attached hydrogens (tertiary/aromatic N) is 6. The molecule has 30 heteroatoms. The third-order valence-electron chi connectivity index (χ3n) is 12.6. The Morgan fingerprint density at radius 1 is 0.659 bits per heavy atom. The Kier molecular flexibility index (Phi) is 31.3. The Hall–Kier alpha value is -4.75. The van der Waals surface area contributed by atoms with Crippen LogP contribution in [0.3, 0.4) is 0 Å². The summed E-state index contributed by atoms with van der Waals surface area (Å²) in [5, 5.41) is 5.18. The van der Waals surface area contributed by atoms with Gasteiger partial charge >= 0.3 is 72.9 Å². The van der Waals surface area contributed by atoms with Crippen molar-refractivity contribution in [2.24, 2.45) is 16.8 Å². The molecule has 490 valence electrons. The second-order valence-electron chi connectivity index (χ2n) is 21.8. The molecule has 7 aromatic rings. The summed E-state index contributed by atoms with van der Waals surface area (Å²) in [5.41, 5.74) is 1.39. The van der Waals surface area contributed by atoms with Crippen LogP contribution < -0.4 is 26.4 Å². The van der Waals surface area contributed by atoms with Gasteiger partial charge in [0.25, 0.3) is 11.8 Å². The van der Waals surface area contributed by atoms with E-state index < -0.39 is 67.9 Å². The van der Waals surface area contributed by atoms with Crippen molar-refractivity contribution in [1.29, 1.82) is 0 Å². The molecule has 8 atom stereocenters. The van der Waals surface area contributed by atoms with Gasteiger partial charge in [0.1, 0.15) is 15.4 Å². The van der Waals surface area contributed by atoms with Gasteiger partial charge in [0.05, 0.1) is 17.8 Å². The zero-order valence-corrected chi connectivity index (χ0v) is 63.2. The van der Waals surface area contributed by atoms with Gasteiger partial charge in [-0.2, -0.15) is 15.0 Å². The van der Waals surface area contributed by atoms with Crippen molar-refractivity contribution in [2.75, 3.05) is 10.6 Å². The number of carbonyl (C=O) groups is 3. The SMILES string of the molecule is C.CC[C@H]1OC(OC(=O)c2ccccc2)C(Cl)(Br)[C@@H]1C.CC[C@H]1O[C@@H](n2ccc(NC(=O)c3ccccc3)nc2=O)[C@](Cl)(Br)[C@@H]1C.C[Si](C)(C)OC(=Nc1ccnc(O[Si](C)(C)C)n1)c1ccccc1.O=C(Nc1ccnc(=O)[nH]1)c1ccccc1.[Cl][Sn]([Cl])([Cl])[Cl]. The summed E-state index contributed by atoms with van der Waals surface area (Å²) >= 11 is 16.6. The number of anilines is 2. The zero-order valence-electron chi connectivity index (χ0n) is 50.7. The Bertz CT molecular complexity index is 3600. The molecule has 3 aromatic heterocycles. The quantitative estimate of drug-likeness (QED) is 0.0302. The van der Waals surface area contributed by atoms with Crippen LogP contribution in [0.25, 0.3) is 0 Å². The molecule has 5 heterocycles. The predicted octanol–water partition coefficient (Wildman–Crippen LogP) is 16.4. The van der Waals surface area contributed by atoms with Crippen LogP contribution in [0.5, 0.6) is 6.01 Å². The number of rotatable bonds is 14. The number of ether oxygens (including phenoxy) is 3. The van der Waals surface area contributed by atoms with Crippen LogP contribution in [0, 0.1) is 11.8 Å². The number of benzene rings is 4. The fourth-order valence-electron chi connectivity index (χ4n) is 8.18. The summed E-state index contributed by atoms with van der Waals surface area (Å²) in [7, 11) is 16.6. The number of hydrogen-bond acceptors (Lipinski definition) is 15. The molecule has 4 aromatic carbocycles. The van der Waals surface area contributed by atoms with Crippen molar-refractivity contribution < 1.29 is 37.4 Å². The summed E-state index contributed by atoms with van der Waals surface area (Å²) in [6.07, 6.45) is 4.56. The molecule has 2 amide bonds. The van der Waals surface area contributed by atoms with E-state index in [1.165, 1.54) is 23.0 Å². The number of aromatic amines is 1. The number of alkyl halides is 4. The van der Waals surface area contributed by atoms with Crippen molar-refractivity contribution in [2.45, 2.75) is 120 Å². The Morgan fingerprint density at radius 2 is 1.13 bits per heavy atom. The molecule has 2 unspecified atom stereocenters. The first-order valence-electron chi connectivity index (χ1n) is 28.0. The molecule has 9 rings (SSSR count). The molecule has 0 bridgehead atoms. The van der Waals surface area contributed by atoms with Gasteiger partial charge < -0.3 is 33.7 Å². The van der Waals surface area contributed by atoms with Crippen LogP contribution in [0.4, 0.5) is 17.5 Å². The van der Waals surface area contributed by atoms with Gasteiger partial charge in [-0.05, 0) is 113 Å². The van der Waals surface area contributed by atoms with Crippen LogP contribution >= 0.6 is 90.7 Å². The third-order valence-corrected chi connectivity index (χ3v) is 17.4. The molecule has 2 aliphatic rings. The Balaban J connectivity index is 0.000000255. The standard InChI is InChI=1S/C18H19BrClN3O3.C17H25N3O2Si2.C14H16BrClO3.C11H9N3O2.CH4.4ClH.Sn/c1-3-13-11(2)18(19,20)16(26-13)23-10-9-14(22-17(23)25)21-15(24)12-7-5-4-6-8-12;1-23(2,3)21-16(14-10-8-7-9-11-14)19-15-12-13-18-17(20-15)22-24(4,5)6;1-3-11-9(2)14(15,16)13(18-11)19-12(17)10-7-5-4-6-8-10;15-10(8-4-2-1-3-5-8)13-9-6-7-12-11(16)14-9;;;;;;/h4-11,13,16H,3H2,1-2H3,(H,21,22,24,25);7-13H,1-6H3;4-9,11,13H,3H2,1-2H3;1-7H,(H2,12,13,14,15,16);1H4;4*1H;/q;;;;;;;;;+4/p-4/t11-,13-,16-,18+;;9-,11-,13?,14?;;;;;;;/m1.1......./s1. The first kappa shape index (κ1) is 78.7. The fraction of sp³-hybridized carbons (Fsp3) is 0.344. The molecule has 19 nitrogen and oxygen atoms in total. The van der Waals surface area contributed by atoms with Gasteiger partial charge in [-0.25, -0.2) is 24.4 Å². The number of carbonyl (C=O) groups excluding carboxylic acids is 3. The van der Waals surface area contributed by atoms with Crippen molar-refractivity contribution in [1.82, 2.24) is 29.5 Å². The maximum atomic E-state index is 12.5. The molecule has 2 aliphatic heterocycles. The molecule has 0 radical (unpaired) electrons. The number of H-pyrrole nitrogens is 1. The van der Waals surface area contributed by atoms with Crippen LogP contribution in [0.15, 0.2) is 173 Å². The molecule has 0 spiro atoms. The van der Waals surface area contributed by atoms with Gasteiger partial charge in [-0.3, -0.25) is 19.1 Å². The minimum absolute atomic E-state index is 0. The van der Waals surface area contributed by atoms with E-state index in [1.807, 2.05) is 76.2 Å². The summed E-state index contributed by atoms with van der Waals surface area (Å²) in [6.45, 7) is 20.6. The van der Waals surface area contributed by atoms with E-state index in [2.05, 4.69) is 112 Å². The minimum atomic E-state index is -3.29. The number of aliphatic imine (C=N–C) groups is 1. The summed E-state index contributed by atoms with van der Waals surface area (Å²) in [6, 6.07) is 41.3. The van der Waals surface area contributed by atoms with Crippen LogP contribution in [-0.2, 0) is 18.6 Å².